The van der Waals surface area contributed by atoms with Gasteiger partial charge in [-0.3, -0.25) is 0 Å². The molecular weight excluding hydrogens is 312 g/mol. The molecule has 1 aromatic carbocycles. The van der Waals surface area contributed by atoms with E-state index < -0.39 is 0 Å². The summed E-state index contributed by atoms with van der Waals surface area (Å²) in [6, 6.07) is 7.53. The Bertz CT molecular complexity index is 743. The molecule has 1 aliphatic heterocycles. The van der Waals surface area contributed by atoms with Gasteiger partial charge >= 0.3 is 0 Å². The Labute approximate surface area is 138 Å². The van der Waals surface area contributed by atoms with Crippen molar-refractivity contribution in [2.45, 2.75) is 42.7 Å². The zero-order valence-electron chi connectivity index (χ0n) is 12.9. The molecule has 2 aromatic rings. The first kappa shape index (κ1) is 14.6. The van der Waals surface area contributed by atoms with Crippen molar-refractivity contribution in [2.24, 2.45) is 5.10 Å². The summed E-state index contributed by atoms with van der Waals surface area (Å²) in [6.07, 6.45) is 4.76. The van der Waals surface area contributed by atoms with Gasteiger partial charge < -0.3 is 9.47 Å². The van der Waals surface area contributed by atoms with E-state index in [-0.39, 0.29) is 0 Å². The maximum atomic E-state index is 5.81. The van der Waals surface area contributed by atoms with Gasteiger partial charge in [0.2, 0.25) is 5.16 Å². The molecule has 0 N–H and O–H groups in total. The molecule has 6 nitrogen and oxygen atoms in total. The molecule has 1 fully saturated rings. The van der Waals surface area contributed by atoms with Crippen LogP contribution in [0.4, 0.5) is 0 Å². The van der Waals surface area contributed by atoms with Gasteiger partial charge in [-0.25, -0.2) is 0 Å². The second-order valence-electron chi connectivity index (χ2n) is 5.62. The number of aromatic nitrogens is 3. The number of methoxy groups -OCH3 is 1. The number of hydrogen-bond donors (Lipinski definition) is 0. The number of thioether (sulfide) groups is 1. The molecular formula is C16H18N4O2S. The smallest absolute Gasteiger partial charge is 0.212 e. The Kier molecular flexibility index (Phi) is 3.95. The molecule has 120 valence electrons. The fourth-order valence-corrected chi connectivity index (χ4v) is 4.03. The maximum Gasteiger partial charge on any atom is 0.212 e. The lowest BCUT2D eigenvalue weighted by Crippen LogP contribution is -2.27. The van der Waals surface area contributed by atoms with Gasteiger partial charge in [-0.1, -0.05) is 24.2 Å². The second-order valence-corrected chi connectivity index (χ2v) is 6.79. The van der Waals surface area contributed by atoms with Crippen molar-refractivity contribution < 1.29 is 9.47 Å². The molecule has 0 amide bonds. The zero-order valence-corrected chi connectivity index (χ0v) is 13.8. The fourth-order valence-electron chi connectivity index (χ4n) is 2.86. The van der Waals surface area contributed by atoms with Crippen LogP contribution < -0.4 is 9.47 Å². The van der Waals surface area contributed by atoms with Gasteiger partial charge in [0.1, 0.15) is 18.1 Å². The lowest BCUT2D eigenvalue weighted by atomic mass is 9.98. The molecule has 1 aliphatic carbocycles. The van der Waals surface area contributed by atoms with Crippen molar-refractivity contribution in [2.75, 3.05) is 7.11 Å². The molecule has 0 radical (unpaired) electrons. The van der Waals surface area contributed by atoms with E-state index in [4.69, 9.17) is 14.6 Å². The Hall–Kier alpha value is -2.02. The third-order valence-electron chi connectivity index (χ3n) is 4.08. The van der Waals surface area contributed by atoms with Crippen LogP contribution in [-0.4, -0.2) is 32.9 Å². The van der Waals surface area contributed by atoms with Crippen molar-refractivity contribution >= 4 is 17.5 Å². The van der Waals surface area contributed by atoms with Crippen LogP contribution in [0.2, 0.25) is 0 Å². The van der Waals surface area contributed by atoms with E-state index in [0.29, 0.717) is 11.9 Å². The molecule has 1 unspecified atom stereocenters. The Morgan fingerprint density at radius 1 is 1.26 bits per heavy atom. The van der Waals surface area contributed by atoms with E-state index in [2.05, 4.69) is 10.2 Å². The second kappa shape index (κ2) is 6.23. The maximum absolute atomic E-state index is 5.81. The number of benzene rings is 1. The van der Waals surface area contributed by atoms with Crippen LogP contribution >= 0.6 is 11.8 Å². The van der Waals surface area contributed by atoms with Gasteiger partial charge in [0.15, 0.2) is 5.82 Å². The van der Waals surface area contributed by atoms with Crippen molar-refractivity contribution in [3.8, 4) is 11.5 Å². The topological polar surface area (TPSA) is 61.5 Å². The average molecular weight is 330 g/mol. The molecule has 2 aliphatic rings. The van der Waals surface area contributed by atoms with Crippen molar-refractivity contribution in [1.29, 1.82) is 0 Å². The summed E-state index contributed by atoms with van der Waals surface area (Å²) in [4.78, 5) is 0. The summed E-state index contributed by atoms with van der Waals surface area (Å²) in [6.45, 7) is 0.335. The minimum Gasteiger partial charge on any atom is -0.497 e. The summed E-state index contributed by atoms with van der Waals surface area (Å²) in [5.74, 6) is 2.24. The molecule has 23 heavy (non-hydrogen) atoms. The van der Waals surface area contributed by atoms with E-state index in [1.54, 1.807) is 18.9 Å². The highest BCUT2D eigenvalue weighted by molar-refractivity contribution is 8.00. The molecule has 0 spiro atoms. The highest BCUT2D eigenvalue weighted by Gasteiger charge is 2.29. The highest BCUT2D eigenvalue weighted by Crippen LogP contribution is 2.35. The van der Waals surface area contributed by atoms with E-state index in [9.17, 15) is 0 Å². The fraction of sp³-hybridized carbons (Fsp3) is 0.438. The van der Waals surface area contributed by atoms with Crippen LogP contribution in [0.15, 0.2) is 34.5 Å². The predicted molar refractivity (Wildman–Crippen MR) is 88.3 cm³/mol. The van der Waals surface area contributed by atoms with Gasteiger partial charge in [-0.2, -0.15) is 9.78 Å². The first-order valence-electron chi connectivity index (χ1n) is 7.79. The molecule has 0 bridgehead atoms. The Morgan fingerprint density at radius 3 is 3.09 bits per heavy atom. The van der Waals surface area contributed by atoms with Gasteiger partial charge in [0.25, 0.3) is 0 Å². The summed E-state index contributed by atoms with van der Waals surface area (Å²) in [5, 5.41) is 14.6. The largest absolute Gasteiger partial charge is 0.497 e. The lowest BCUT2D eigenvalue weighted by molar-refractivity contribution is 0.287. The average Bonchev–Trinajstić information content (AvgIpc) is 3.00. The quantitative estimate of drug-likeness (QED) is 0.862. The normalized spacial score (nSPS) is 19.5. The van der Waals surface area contributed by atoms with Crippen LogP contribution in [0, 0.1) is 0 Å². The number of nitrogens with zero attached hydrogens (tertiary/aromatic N) is 4. The monoisotopic (exact) mass is 330 g/mol. The van der Waals surface area contributed by atoms with Crippen molar-refractivity contribution in [1.82, 2.24) is 14.9 Å². The number of hydrogen-bond acceptors (Lipinski definition) is 6. The van der Waals surface area contributed by atoms with Gasteiger partial charge in [0.05, 0.1) is 18.1 Å². The molecule has 1 aromatic heterocycles. The van der Waals surface area contributed by atoms with Gasteiger partial charge in [-0.15, -0.1) is 10.2 Å². The van der Waals surface area contributed by atoms with Crippen LogP contribution in [0.1, 0.15) is 31.5 Å². The van der Waals surface area contributed by atoms with E-state index in [1.807, 2.05) is 28.9 Å². The SMILES string of the molecule is COc1cccc(OCc2nnc3n2N=C2CCCCC2S3)c1. The first-order valence-corrected chi connectivity index (χ1v) is 8.67. The summed E-state index contributed by atoms with van der Waals surface area (Å²) in [5.41, 5.74) is 1.26. The molecule has 1 saturated carbocycles. The first-order chi connectivity index (χ1) is 11.3. The van der Waals surface area contributed by atoms with Crippen molar-refractivity contribution in [3.63, 3.8) is 0 Å². The zero-order chi connectivity index (χ0) is 15.6. The highest BCUT2D eigenvalue weighted by atomic mass is 32.2. The van der Waals surface area contributed by atoms with Crippen LogP contribution in [0.25, 0.3) is 0 Å². The third-order valence-corrected chi connectivity index (χ3v) is 5.34. The van der Waals surface area contributed by atoms with Crippen LogP contribution in [0.5, 0.6) is 11.5 Å². The van der Waals surface area contributed by atoms with E-state index in [0.717, 1.165) is 28.9 Å². The van der Waals surface area contributed by atoms with E-state index in [1.165, 1.54) is 25.0 Å². The summed E-state index contributed by atoms with van der Waals surface area (Å²) in [7, 11) is 1.64. The number of ether oxygens (including phenoxy) is 2. The van der Waals surface area contributed by atoms with Crippen LogP contribution in [-0.2, 0) is 6.61 Å². The molecule has 1 atom stereocenters. The minimum atomic E-state index is 0.335. The number of fused-ring (bicyclic) bond motifs is 2. The minimum absolute atomic E-state index is 0.335. The van der Waals surface area contributed by atoms with Gasteiger partial charge in [-0.05, 0) is 31.4 Å². The van der Waals surface area contributed by atoms with Gasteiger partial charge in [0, 0.05) is 6.07 Å². The third kappa shape index (κ3) is 2.93. The number of rotatable bonds is 4. The standard InChI is InChI=1S/C16H18N4O2S/c1-21-11-5-4-6-12(9-11)22-10-15-17-18-16-20(15)19-13-7-2-3-8-14(13)23-16/h4-6,9,14H,2-3,7-8,10H2,1H3. The summed E-state index contributed by atoms with van der Waals surface area (Å²) < 4.78 is 12.9. The van der Waals surface area contributed by atoms with Crippen LogP contribution in [0.3, 0.4) is 0 Å². The Balaban J connectivity index is 1.52. The Morgan fingerprint density at radius 2 is 2.17 bits per heavy atom. The molecule has 2 heterocycles. The molecule has 0 saturated heterocycles. The molecule has 7 heteroatoms. The van der Waals surface area contributed by atoms with E-state index >= 15 is 0 Å². The summed E-state index contributed by atoms with van der Waals surface area (Å²) >= 11 is 1.77. The predicted octanol–water partition coefficient (Wildman–Crippen LogP) is 3.12. The lowest BCUT2D eigenvalue weighted by Gasteiger charge is -2.26. The van der Waals surface area contributed by atoms with Crippen molar-refractivity contribution in [3.05, 3.63) is 30.1 Å². The molecule has 4 rings (SSSR count).